The minimum Gasteiger partial charge on any atom is -0.478 e. The lowest BCUT2D eigenvalue weighted by Gasteiger charge is -2.32. The number of nitrogens with zero attached hydrogens (tertiary/aromatic N) is 1. The number of aromatic carboxylic acids is 1. The molecule has 0 atom stereocenters. The molecule has 1 aromatic rings. The molecule has 98 valence electrons. The van der Waals surface area contributed by atoms with Gasteiger partial charge in [-0.3, -0.25) is 4.72 Å². The average molecular weight is 270 g/mol. The molecule has 1 aliphatic rings. The van der Waals surface area contributed by atoms with Gasteiger partial charge in [-0.2, -0.15) is 12.7 Å². The fourth-order valence-corrected chi connectivity index (χ4v) is 3.41. The molecule has 0 unspecified atom stereocenters. The average Bonchev–Trinajstić information content (AvgIpc) is 2.25. The lowest BCUT2D eigenvalue weighted by Crippen LogP contribution is -2.43. The number of hydrogen-bond donors (Lipinski definition) is 2. The Kier molecular flexibility index (Phi) is 3.04. The van der Waals surface area contributed by atoms with Gasteiger partial charge in [0.1, 0.15) is 0 Å². The van der Waals surface area contributed by atoms with Crippen molar-refractivity contribution in [2.75, 3.05) is 4.72 Å². The number of fused-ring (bicyclic) bond motifs is 1. The van der Waals surface area contributed by atoms with Gasteiger partial charge in [0.05, 0.1) is 11.3 Å². The lowest BCUT2D eigenvalue weighted by molar-refractivity contribution is 0.0698. The first-order valence-corrected chi connectivity index (χ1v) is 6.91. The van der Waals surface area contributed by atoms with Crippen molar-refractivity contribution in [1.29, 1.82) is 0 Å². The van der Waals surface area contributed by atoms with Crippen LogP contribution >= 0.6 is 0 Å². The smallest absolute Gasteiger partial charge is 0.337 e. The highest BCUT2D eigenvalue weighted by atomic mass is 32.2. The summed E-state index contributed by atoms with van der Waals surface area (Å²) in [5.41, 5.74) is 0.805. The van der Waals surface area contributed by atoms with Gasteiger partial charge in [0, 0.05) is 12.6 Å². The van der Waals surface area contributed by atoms with Crippen LogP contribution in [-0.2, 0) is 16.8 Å². The molecule has 18 heavy (non-hydrogen) atoms. The second-order valence-electron chi connectivity index (χ2n) is 4.39. The van der Waals surface area contributed by atoms with Crippen LogP contribution < -0.4 is 4.72 Å². The highest BCUT2D eigenvalue weighted by molar-refractivity contribution is 7.90. The molecule has 0 aromatic heterocycles. The van der Waals surface area contributed by atoms with Crippen molar-refractivity contribution >= 4 is 21.9 Å². The van der Waals surface area contributed by atoms with Crippen LogP contribution in [0.2, 0.25) is 0 Å². The SMILES string of the molecule is CC(C)N1Cc2cccc(C(=O)O)c2NS1(=O)=O. The monoisotopic (exact) mass is 270 g/mol. The van der Waals surface area contributed by atoms with Gasteiger partial charge in [0.15, 0.2) is 0 Å². The zero-order valence-corrected chi connectivity index (χ0v) is 10.9. The molecule has 6 nitrogen and oxygen atoms in total. The molecule has 0 amide bonds. The zero-order chi connectivity index (χ0) is 13.5. The van der Waals surface area contributed by atoms with Gasteiger partial charge in [0.25, 0.3) is 0 Å². The van der Waals surface area contributed by atoms with Crippen LogP contribution in [0.15, 0.2) is 18.2 Å². The minimum absolute atomic E-state index is 0.0283. The number of carboxylic acids is 1. The van der Waals surface area contributed by atoms with E-state index in [1.54, 1.807) is 26.0 Å². The lowest BCUT2D eigenvalue weighted by atomic mass is 10.1. The summed E-state index contributed by atoms with van der Waals surface area (Å²) < 4.78 is 27.6. The maximum Gasteiger partial charge on any atom is 0.337 e. The van der Waals surface area contributed by atoms with Crippen LogP contribution in [0.5, 0.6) is 0 Å². The van der Waals surface area contributed by atoms with Crippen LogP contribution in [0.4, 0.5) is 5.69 Å². The summed E-state index contributed by atoms with van der Waals surface area (Å²) in [5.74, 6) is -1.15. The number of rotatable bonds is 2. The Morgan fingerprint density at radius 2 is 2.11 bits per heavy atom. The molecule has 1 heterocycles. The second-order valence-corrected chi connectivity index (χ2v) is 6.01. The molecule has 0 spiro atoms. The van der Waals surface area contributed by atoms with Gasteiger partial charge >= 0.3 is 16.2 Å². The van der Waals surface area contributed by atoms with E-state index in [1.165, 1.54) is 10.4 Å². The predicted octanol–water partition coefficient (Wildman–Crippen LogP) is 1.27. The van der Waals surface area contributed by atoms with E-state index < -0.39 is 16.2 Å². The Bertz CT molecular complexity index is 595. The van der Waals surface area contributed by atoms with E-state index >= 15 is 0 Å². The second kappa shape index (κ2) is 4.25. The van der Waals surface area contributed by atoms with Gasteiger partial charge in [-0.25, -0.2) is 4.79 Å². The van der Waals surface area contributed by atoms with E-state index in [9.17, 15) is 13.2 Å². The number of carbonyl (C=O) groups is 1. The molecule has 7 heteroatoms. The van der Waals surface area contributed by atoms with Crippen molar-refractivity contribution in [3.8, 4) is 0 Å². The molecule has 0 saturated carbocycles. The molecule has 1 aromatic carbocycles. The molecular formula is C11H14N2O4S. The Morgan fingerprint density at radius 3 is 2.67 bits per heavy atom. The normalized spacial score (nSPS) is 18.2. The molecule has 2 N–H and O–H groups in total. The molecule has 1 aliphatic heterocycles. The summed E-state index contributed by atoms with van der Waals surface area (Å²) in [7, 11) is -3.67. The Balaban J connectivity index is 2.56. The maximum atomic E-state index is 12.0. The molecule has 0 aliphatic carbocycles. The van der Waals surface area contributed by atoms with E-state index in [0.717, 1.165) is 0 Å². The van der Waals surface area contributed by atoms with E-state index in [4.69, 9.17) is 5.11 Å². The zero-order valence-electron chi connectivity index (χ0n) is 10.0. The first-order chi connectivity index (χ1) is 8.33. The van der Waals surface area contributed by atoms with Crippen LogP contribution in [-0.4, -0.2) is 29.8 Å². The van der Waals surface area contributed by atoms with E-state index in [0.29, 0.717) is 5.56 Å². The summed E-state index contributed by atoms with van der Waals surface area (Å²) in [6.45, 7) is 3.72. The van der Waals surface area contributed by atoms with Crippen LogP contribution in [0.1, 0.15) is 29.8 Å². The highest BCUT2D eigenvalue weighted by Crippen LogP contribution is 2.30. The van der Waals surface area contributed by atoms with Gasteiger partial charge in [-0.1, -0.05) is 12.1 Å². The molecule has 0 fully saturated rings. The largest absolute Gasteiger partial charge is 0.478 e. The van der Waals surface area contributed by atoms with Crippen LogP contribution in [0.3, 0.4) is 0 Å². The number of anilines is 1. The topological polar surface area (TPSA) is 86.7 Å². The highest BCUT2D eigenvalue weighted by Gasteiger charge is 2.33. The quantitative estimate of drug-likeness (QED) is 0.847. The van der Waals surface area contributed by atoms with Gasteiger partial charge in [0.2, 0.25) is 0 Å². The number of para-hydroxylation sites is 1. The fourth-order valence-electron chi connectivity index (χ4n) is 1.93. The van der Waals surface area contributed by atoms with Gasteiger partial charge < -0.3 is 5.11 Å². The molecule has 0 bridgehead atoms. The van der Waals surface area contributed by atoms with Crippen molar-refractivity contribution in [3.05, 3.63) is 29.3 Å². The Hall–Kier alpha value is -1.60. The van der Waals surface area contributed by atoms with Gasteiger partial charge in [-0.15, -0.1) is 0 Å². The number of benzene rings is 1. The molecule has 0 saturated heterocycles. The number of hydrogen-bond acceptors (Lipinski definition) is 3. The minimum atomic E-state index is -3.67. The first-order valence-electron chi connectivity index (χ1n) is 5.47. The van der Waals surface area contributed by atoms with Crippen LogP contribution in [0.25, 0.3) is 0 Å². The summed E-state index contributed by atoms with van der Waals surface area (Å²) in [6.07, 6.45) is 0. The number of nitrogens with one attached hydrogen (secondary N) is 1. The number of carboxylic acid groups (broad SMARTS) is 1. The van der Waals surface area contributed by atoms with E-state index in [2.05, 4.69) is 4.72 Å². The van der Waals surface area contributed by atoms with E-state index in [-0.39, 0.29) is 23.8 Å². The third-order valence-electron chi connectivity index (χ3n) is 2.82. The van der Waals surface area contributed by atoms with Gasteiger partial charge in [-0.05, 0) is 25.5 Å². The summed E-state index contributed by atoms with van der Waals surface area (Å²) in [6, 6.07) is 4.53. The Labute approximate surface area is 105 Å². The first kappa shape index (κ1) is 12.8. The fraction of sp³-hybridized carbons (Fsp3) is 0.364. The van der Waals surface area contributed by atoms with Crippen molar-refractivity contribution in [2.24, 2.45) is 0 Å². The van der Waals surface area contributed by atoms with Crippen molar-refractivity contribution in [3.63, 3.8) is 0 Å². The summed E-state index contributed by atoms with van der Waals surface area (Å²) >= 11 is 0. The predicted molar refractivity (Wildman–Crippen MR) is 66.6 cm³/mol. The van der Waals surface area contributed by atoms with E-state index in [1.807, 2.05) is 0 Å². The van der Waals surface area contributed by atoms with Crippen LogP contribution in [0, 0.1) is 0 Å². The molecule has 0 radical (unpaired) electrons. The third-order valence-corrected chi connectivity index (χ3v) is 4.45. The Morgan fingerprint density at radius 1 is 1.44 bits per heavy atom. The van der Waals surface area contributed by atoms with Crippen molar-refractivity contribution < 1.29 is 18.3 Å². The summed E-state index contributed by atoms with van der Waals surface area (Å²) in [5, 5.41) is 9.04. The summed E-state index contributed by atoms with van der Waals surface area (Å²) in [4.78, 5) is 11.1. The third kappa shape index (κ3) is 2.06. The van der Waals surface area contributed by atoms with Crippen molar-refractivity contribution in [2.45, 2.75) is 26.4 Å². The molecule has 2 rings (SSSR count). The molecular weight excluding hydrogens is 256 g/mol. The standard InChI is InChI=1S/C11H14N2O4S/c1-7(2)13-6-8-4-3-5-9(11(14)15)10(8)12-18(13,16)17/h3-5,7,12H,6H2,1-2H3,(H,14,15). The van der Waals surface area contributed by atoms with Crippen molar-refractivity contribution in [1.82, 2.24) is 4.31 Å². The maximum absolute atomic E-state index is 12.0.